The predicted molar refractivity (Wildman–Crippen MR) is 164 cm³/mol. The van der Waals surface area contributed by atoms with E-state index in [0.717, 1.165) is 0 Å². The van der Waals surface area contributed by atoms with Crippen LogP contribution in [0.25, 0.3) is 0 Å². The molecule has 2 saturated heterocycles. The first-order chi connectivity index (χ1) is 22.8. The van der Waals surface area contributed by atoms with Crippen molar-refractivity contribution in [1.29, 1.82) is 0 Å². The molecular weight excluding hydrogens is 636 g/mol. The number of methoxy groups -OCH3 is 3. The first-order valence-electron chi connectivity index (χ1n) is 15.5. The summed E-state index contributed by atoms with van der Waals surface area (Å²) in [6, 6.07) is 9.74. The minimum Gasteiger partial charge on any atom is -0.493 e. The summed E-state index contributed by atoms with van der Waals surface area (Å²) < 4.78 is 38.0. The number of hydrogen-bond donors (Lipinski definition) is 6. The van der Waals surface area contributed by atoms with Crippen LogP contribution in [0.4, 0.5) is 0 Å². The van der Waals surface area contributed by atoms with E-state index in [1.807, 2.05) is 0 Å². The van der Waals surface area contributed by atoms with Crippen molar-refractivity contribution in [3.05, 3.63) is 47.5 Å². The van der Waals surface area contributed by atoms with Crippen molar-refractivity contribution >= 4 is 11.9 Å². The van der Waals surface area contributed by atoms with Gasteiger partial charge in [-0.05, 0) is 55.2 Å². The Morgan fingerprint density at radius 3 is 2.21 bits per heavy atom. The van der Waals surface area contributed by atoms with Crippen LogP contribution in [0.5, 0.6) is 23.0 Å². The highest BCUT2D eigenvalue weighted by Crippen LogP contribution is 2.40. The summed E-state index contributed by atoms with van der Waals surface area (Å²) in [5.41, 5.74) is -1.03. The Bertz CT molecular complexity index is 1420. The molecule has 3 unspecified atom stereocenters. The van der Waals surface area contributed by atoms with Gasteiger partial charge in [-0.3, -0.25) is 4.79 Å². The molecule has 0 radical (unpaired) electrons. The van der Waals surface area contributed by atoms with Crippen LogP contribution in [-0.4, -0.2) is 120 Å². The predicted octanol–water partition coefficient (Wildman–Crippen LogP) is 0.0292. The summed E-state index contributed by atoms with van der Waals surface area (Å²) in [5.74, 6) is -1.72. The second-order valence-electron chi connectivity index (χ2n) is 11.8. The maximum absolute atomic E-state index is 12.8. The van der Waals surface area contributed by atoms with Crippen molar-refractivity contribution in [2.45, 2.75) is 75.2 Å². The van der Waals surface area contributed by atoms with Crippen LogP contribution >= 0.6 is 0 Å². The molecule has 0 bridgehead atoms. The molecule has 0 aliphatic carbocycles. The van der Waals surface area contributed by atoms with E-state index in [2.05, 4.69) is 0 Å². The number of carbonyl (C=O) groups is 2. The fourth-order valence-corrected chi connectivity index (χ4v) is 5.77. The monoisotopic (exact) mass is 680 g/mol. The van der Waals surface area contributed by atoms with E-state index in [1.165, 1.54) is 41.2 Å². The first-order valence-corrected chi connectivity index (χ1v) is 15.5. The van der Waals surface area contributed by atoms with E-state index in [-0.39, 0.29) is 30.9 Å². The van der Waals surface area contributed by atoms with Gasteiger partial charge in [-0.15, -0.1) is 0 Å². The highest BCUT2D eigenvalue weighted by Gasteiger charge is 2.47. The van der Waals surface area contributed by atoms with Gasteiger partial charge in [-0.25, -0.2) is 4.79 Å². The van der Waals surface area contributed by atoms with Gasteiger partial charge in [-0.2, -0.15) is 0 Å². The molecule has 0 amide bonds. The van der Waals surface area contributed by atoms with Gasteiger partial charge in [0.15, 0.2) is 28.6 Å². The molecule has 0 saturated carbocycles. The second kappa shape index (κ2) is 15.7. The summed E-state index contributed by atoms with van der Waals surface area (Å²) in [6.45, 7) is 2.07. The van der Waals surface area contributed by atoms with Crippen LogP contribution < -0.4 is 18.9 Å². The van der Waals surface area contributed by atoms with Crippen molar-refractivity contribution in [1.82, 2.24) is 0 Å². The fourth-order valence-electron chi connectivity index (χ4n) is 5.77. The minimum atomic E-state index is -2.20. The molecular formula is C33H44O15. The third-order valence-electron chi connectivity index (χ3n) is 8.95. The lowest BCUT2D eigenvalue weighted by atomic mass is 9.83. The van der Waals surface area contributed by atoms with Crippen LogP contribution in [0.2, 0.25) is 0 Å². The molecule has 4 rings (SSSR count). The van der Waals surface area contributed by atoms with E-state index in [0.29, 0.717) is 22.6 Å². The molecule has 0 spiro atoms. The zero-order valence-electron chi connectivity index (χ0n) is 27.3. The summed E-state index contributed by atoms with van der Waals surface area (Å²) in [5, 5.41) is 63.0. The van der Waals surface area contributed by atoms with E-state index in [9.17, 15) is 40.2 Å². The standard InChI is InChI=1S/C33H44O15/c1-6-33(41,16(2)34)32(40)46-15-25-27(36)28(37)29(38)31(48-25)47-22-9-7-17(12-23(22)43-4)11-19-20(14-45-30(19)39)26(35)18-8-10-21(42-3)24(13-18)44-5/h7-10,12-13,16,19-20,25-29,31,34-38,41H,6,11,14-15H2,1-5H3/t16-,19?,20?,25-,26?,27-,28+,29-,31-,33+/m1/s1. The number of benzene rings is 2. The number of cyclic esters (lactones) is 1. The van der Waals surface area contributed by atoms with E-state index < -0.39 is 78.9 Å². The minimum absolute atomic E-state index is 0.00959. The Morgan fingerprint density at radius 2 is 1.58 bits per heavy atom. The summed E-state index contributed by atoms with van der Waals surface area (Å²) >= 11 is 0. The van der Waals surface area contributed by atoms with Crippen molar-refractivity contribution in [3.8, 4) is 23.0 Å². The van der Waals surface area contributed by atoms with Crippen LogP contribution in [0.3, 0.4) is 0 Å². The number of aliphatic hydroxyl groups is 6. The maximum Gasteiger partial charge on any atom is 0.340 e. The smallest absolute Gasteiger partial charge is 0.340 e. The highest BCUT2D eigenvalue weighted by molar-refractivity contribution is 5.80. The quantitative estimate of drug-likeness (QED) is 0.145. The molecule has 15 heteroatoms. The summed E-state index contributed by atoms with van der Waals surface area (Å²) in [7, 11) is 4.35. The second-order valence-corrected chi connectivity index (χ2v) is 11.8. The van der Waals surface area contributed by atoms with Crippen molar-refractivity contribution in [2.24, 2.45) is 11.8 Å². The van der Waals surface area contributed by atoms with Crippen molar-refractivity contribution in [3.63, 3.8) is 0 Å². The molecule has 0 aromatic heterocycles. The molecule has 48 heavy (non-hydrogen) atoms. The summed E-state index contributed by atoms with van der Waals surface area (Å²) in [4.78, 5) is 25.2. The van der Waals surface area contributed by atoms with Crippen LogP contribution in [0.15, 0.2) is 36.4 Å². The Kier molecular flexibility index (Phi) is 12.1. The van der Waals surface area contributed by atoms with E-state index in [1.54, 1.807) is 30.3 Å². The van der Waals surface area contributed by atoms with Crippen molar-refractivity contribution < 1.29 is 73.4 Å². The van der Waals surface area contributed by atoms with Gasteiger partial charge < -0.3 is 63.8 Å². The van der Waals surface area contributed by atoms with Gasteiger partial charge in [0.05, 0.1) is 46.1 Å². The molecule has 2 aliphatic rings. The number of ether oxygens (including phenoxy) is 7. The zero-order valence-corrected chi connectivity index (χ0v) is 27.3. The Hall–Kier alpha value is -3.70. The van der Waals surface area contributed by atoms with Gasteiger partial charge in [0.1, 0.15) is 31.0 Å². The average Bonchev–Trinajstić information content (AvgIpc) is 3.45. The average molecular weight is 681 g/mol. The normalized spacial score (nSPS) is 28.1. The molecule has 2 fully saturated rings. The highest BCUT2D eigenvalue weighted by atomic mass is 16.7. The lowest BCUT2D eigenvalue weighted by molar-refractivity contribution is -0.280. The van der Waals surface area contributed by atoms with E-state index in [4.69, 9.17) is 33.2 Å². The largest absolute Gasteiger partial charge is 0.493 e. The number of hydrogen-bond acceptors (Lipinski definition) is 15. The Morgan fingerprint density at radius 1 is 0.938 bits per heavy atom. The number of aliphatic hydroxyl groups excluding tert-OH is 5. The zero-order chi connectivity index (χ0) is 35.3. The molecule has 15 nitrogen and oxygen atoms in total. The Balaban J connectivity index is 1.47. The SMILES string of the molecule is CC[C@@](O)(C(=O)OC[C@H]1O[C@@H](Oc2ccc(CC3C(=O)OCC3C(O)c3ccc(OC)c(OC)c3)cc2OC)[C@H](O)[C@@H](O)[C@@H]1O)[C@@H](C)O. The van der Waals surface area contributed by atoms with Gasteiger partial charge in [-0.1, -0.05) is 19.1 Å². The topological polar surface area (TPSA) is 220 Å². The lowest BCUT2D eigenvalue weighted by Gasteiger charge is -2.40. The molecule has 266 valence electrons. The first kappa shape index (κ1) is 37.1. The van der Waals surface area contributed by atoms with Crippen LogP contribution in [0.1, 0.15) is 37.5 Å². The molecule has 2 aliphatic heterocycles. The number of rotatable bonds is 14. The molecule has 10 atom stereocenters. The molecule has 2 aromatic rings. The molecule has 2 heterocycles. The van der Waals surface area contributed by atoms with Gasteiger partial charge in [0.25, 0.3) is 0 Å². The van der Waals surface area contributed by atoms with Crippen LogP contribution in [-0.2, 0) is 30.2 Å². The summed E-state index contributed by atoms with van der Waals surface area (Å²) in [6.07, 6.45) is -10.6. The fraction of sp³-hybridized carbons (Fsp3) is 0.576. The molecule has 2 aromatic carbocycles. The number of esters is 2. The van der Waals surface area contributed by atoms with Gasteiger partial charge in [0, 0.05) is 5.92 Å². The third-order valence-corrected chi connectivity index (χ3v) is 8.95. The lowest BCUT2D eigenvalue weighted by Crippen LogP contribution is -2.60. The molecule has 6 N–H and O–H groups in total. The number of carbonyl (C=O) groups excluding carboxylic acids is 2. The van der Waals surface area contributed by atoms with E-state index >= 15 is 0 Å². The Labute approximate surface area is 277 Å². The van der Waals surface area contributed by atoms with Gasteiger partial charge in [0.2, 0.25) is 6.29 Å². The maximum atomic E-state index is 12.8. The van der Waals surface area contributed by atoms with Crippen molar-refractivity contribution in [2.75, 3.05) is 34.5 Å². The van der Waals surface area contributed by atoms with Crippen LogP contribution in [0, 0.1) is 11.8 Å². The van der Waals surface area contributed by atoms with Gasteiger partial charge >= 0.3 is 11.9 Å². The third kappa shape index (κ3) is 7.62.